The van der Waals surface area contributed by atoms with Crippen molar-refractivity contribution in [2.24, 2.45) is 13.0 Å². The number of aliphatic hydroxyl groups is 1. The molecule has 0 bridgehead atoms. The summed E-state index contributed by atoms with van der Waals surface area (Å²) in [6, 6.07) is 1.56. The number of nitrogens with one attached hydrogen (secondary N) is 1. The molecule has 2 N–H and O–H groups in total. The van der Waals surface area contributed by atoms with Crippen molar-refractivity contribution in [3.05, 3.63) is 18.0 Å². The lowest BCUT2D eigenvalue weighted by Gasteiger charge is -2.15. The van der Waals surface area contributed by atoms with Crippen molar-refractivity contribution in [3.63, 3.8) is 0 Å². The predicted octanol–water partition coefficient (Wildman–Crippen LogP) is 1.76. The fourth-order valence-corrected chi connectivity index (χ4v) is 4.17. The lowest BCUT2D eigenvalue weighted by molar-refractivity contribution is 0.272. The molecule has 0 spiro atoms. The second kappa shape index (κ2) is 6.28. The van der Waals surface area contributed by atoms with Gasteiger partial charge in [0.05, 0.1) is 11.5 Å². The highest BCUT2D eigenvalue weighted by Gasteiger charge is 2.24. The smallest absolute Gasteiger partial charge is 0.242 e. The molecule has 2 rings (SSSR count). The van der Waals surface area contributed by atoms with Crippen LogP contribution in [0, 0.1) is 5.92 Å². The molecule has 114 valence electrons. The van der Waals surface area contributed by atoms with E-state index in [0.717, 1.165) is 25.7 Å². The van der Waals surface area contributed by atoms with Crippen molar-refractivity contribution in [2.75, 3.05) is 0 Å². The van der Waals surface area contributed by atoms with Gasteiger partial charge in [-0.25, -0.2) is 13.1 Å². The molecule has 1 aliphatic carbocycles. The Hall–Kier alpha value is -0.850. The van der Waals surface area contributed by atoms with Crippen LogP contribution < -0.4 is 4.72 Å². The molecular formula is C14H24N2O3S. The third-order valence-electron chi connectivity index (χ3n) is 4.13. The van der Waals surface area contributed by atoms with E-state index >= 15 is 0 Å². The molecule has 6 heteroatoms. The van der Waals surface area contributed by atoms with Crippen LogP contribution in [0.5, 0.6) is 0 Å². The van der Waals surface area contributed by atoms with Crippen molar-refractivity contribution in [1.29, 1.82) is 0 Å². The zero-order valence-corrected chi connectivity index (χ0v) is 13.0. The van der Waals surface area contributed by atoms with Crippen LogP contribution in [0.4, 0.5) is 0 Å². The molecule has 1 aromatic rings. The molecule has 1 aromatic heterocycles. The average Bonchev–Trinajstić information content (AvgIpc) is 2.66. The highest BCUT2D eigenvalue weighted by Crippen LogP contribution is 2.24. The number of rotatable bonds is 4. The van der Waals surface area contributed by atoms with Gasteiger partial charge in [0.2, 0.25) is 10.0 Å². The summed E-state index contributed by atoms with van der Waals surface area (Å²) < 4.78 is 29.2. The first-order chi connectivity index (χ1) is 9.42. The summed E-state index contributed by atoms with van der Waals surface area (Å²) in [5.41, 5.74) is 0.597. The quantitative estimate of drug-likeness (QED) is 0.832. The van der Waals surface area contributed by atoms with E-state index in [2.05, 4.69) is 11.6 Å². The van der Waals surface area contributed by atoms with Gasteiger partial charge in [0.1, 0.15) is 0 Å². The Labute approximate surface area is 121 Å². The van der Waals surface area contributed by atoms with E-state index in [9.17, 15) is 8.42 Å². The minimum atomic E-state index is -3.49. The van der Waals surface area contributed by atoms with Crippen LogP contribution in [0.25, 0.3) is 0 Å². The third-order valence-corrected chi connectivity index (χ3v) is 5.62. The summed E-state index contributed by atoms with van der Waals surface area (Å²) in [4.78, 5) is 0.237. The van der Waals surface area contributed by atoms with Crippen LogP contribution >= 0.6 is 0 Å². The minimum Gasteiger partial charge on any atom is -0.390 e. The van der Waals surface area contributed by atoms with E-state index in [1.807, 2.05) is 0 Å². The molecule has 0 aliphatic heterocycles. The summed E-state index contributed by atoms with van der Waals surface area (Å²) >= 11 is 0. The maximum absolute atomic E-state index is 12.4. The maximum atomic E-state index is 12.4. The topological polar surface area (TPSA) is 71.3 Å². The van der Waals surface area contributed by atoms with Gasteiger partial charge < -0.3 is 9.67 Å². The van der Waals surface area contributed by atoms with Crippen molar-refractivity contribution in [3.8, 4) is 0 Å². The largest absolute Gasteiger partial charge is 0.390 e. The maximum Gasteiger partial charge on any atom is 0.242 e. The molecule has 1 fully saturated rings. The van der Waals surface area contributed by atoms with Gasteiger partial charge in [0.25, 0.3) is 0 Å². The number of nitrogens with zero attached hydrogens (tertiary/aromatic N) is 1. The monoisotopic (exact) mass is 300 g/mol. The Morgan fingerprint density at radius 1 is 1.35 bits per heavy atom. The van der Waals surface area contributed by atoms with E-state index < -0.39 is 10.0 Å². The van der Waals surface area contributed by atoms with Gasteiger partial charge in [-0.3, -0.25) is 0 Å². The van der Waals surface area contributed by atoms with Gasteiger partial charge >= 0.3 is 0 Å². The second-order valence-electron chi connectivity index (χ2n) is 5.87. The minimum absolute atomic E-state index is 0.0303. The Kier molecular flexibility index (Phi) is 4.88. The zero-order valence-electron chi connectivity index (χ0n) is 12.2. The summed E-state index contributed by atoms with van der Waals surface area (Å²) in [5.74, 6) is 0.683. The van der Waals surface area contributed by atoms with Crippen molar-refractivity contribution in [1.82, 2.24) is 9.29 Å². The summed E-state index contributed by atoms with van der Waals surface area (Å²) in [6.45, 7) is 2.06. The fourth-order valence-electron chi connectivity index (χ4n) is 2.77. The first-order valence-corrected chi connectivity index (χ1v) is 8.69. The highest BCUT2D eigenvalue weighted by molar-refractivity contribution is 7.89. The third kappa shape index (κ3) is 3.62. The normalized spacial score (nSPS) is 24.6. The zero-order chi connectivity index (χ0) is 14.8. The predicted molar refractivity (Wildman–Crippen MR) is 77.7 cm³/mol. The molecule has 2 atom stereocenters. The number of hydrogen-bond acceptors (Lipinski definition) is 3. The fraction of sp³-hybridized carbons (Fsp3) is 0.714. The van der Waals surface area contributed by atoms with E-state index in [-0.39, 0.29) is 17.5 Å². The molecule has 0 aromatic carbocycles. The van der Waals surface area contributed by atoms with Crippen LogP contribution in [0.3, 0.4) is 0 Å². The lowest BCUT2D eigenvalue weighted by Crippen LogP contribution is -2.34. The molecule has 20 heavy (non-hydrogen) atoms. The van der Waals surface area contributed by atoms with E-state index in [0.29, 0.717) is 11.6 Å². The highest BCUT2D eigenvalue weighted by atomic mass is 32.2. The summed E-state index contributed by atoms with van der Waals surface area (Å²) in [6.07, 6.45) is 6.68. The first kappa shape index (κ1) is 15.5. The van der Waals surface area contributed by atoms with Crippen LogP contribution in [-0.4, -0.2) is 24.1 Å². The van der Waals surface area contributed by atoms with Crippen LogP contribution in [0.2, 0.25) is 0 Å². The Morgan fingerprint density at radius 2 is 2.10 bits per heavy atom. The van der Waals surface area contributed by atoms with E-state index in [1.54, 1.807) is 17.8 Å². The molecule has 2 unspecified atom stereocenters. The van der Waals surface area contributed by atoms with Crippen molar-refractivity contribution in [2.45, 2.75) is 56.6 Å². The van der Waals surface area contributed by atoms with Gasteiger partial charge in [-0.15, -0.1) is 0 Å². The van der Waals surface area contributed by atoms with E-state index in [4.69, 9.17) is 5.11 Å². The van der Waals surface area contributed by atoms with E-state index in [1.165, 1.54) is 12.5 Å². The standard InChI is InChI=1S/C14H24N2O3S/c1-11-4-3-5-12(7-6-11)15-20(18,19)14-8-13(10-17)16(2)9-14/h8-9,11-12,15,17H,3-7,10H2,1-2H3. The van der Waals surface area contributed by atoms with Gasteiger partial charge in [0, 0.05) is 25.0 Å². The molecular weight excluding hydrogens is 276 g/mol. The van der Waals surface area contributed by atoms with Gasteiger partial charge in [-0.1, -0.05) is 19.8 Å². The number of aliphatic hydroxyl groups excluding tert-OH is 1. The van der Waals surface area contributed by atoms with Gasteiger partial charge in [-0.2, -0.15) is 0 Å². The molecule has 5 nitrogen and oxygen atoms in total. The molecule has 1 aliphatic rings. The van der Waals surface area contributed by atoms with Crippen molar-refractivity contribution >= 4 is 10.0 Å². The summed E-state index contributed by atoms with van der Waals surface area (Å²) in [7, 11) is -1.75. The number of hydrogen-bond donors (Lipinski definition) is 2. The molecule has 0 amide bonds. The molecule has 1 heterocycles. The van der Waals surface area contributed by atoms with Crippen LogP contribution in [0.15, 0.2) is 17.2 Å². The van der Waals surface area contributed by atoms with Crippen LogP contribution in [0.1, 0.15) is 44.7 Å². The Morgan fingerprint density at radius 3 is 2.75 bits per heavy atom. The van der Waals surface area contributed by atoms with Crippen molar-refractivity contribution < 1.29 is 13.5 Å². The second-order valence-corrected chi connectivity index (χ2v) is 7.58. The number of aromatic nitrogens is 1. The Bertz CT molecular complexity index is 551. The van der Waals surface area contributed by atoms with Gasteiger partial charge in [-0.05, 0) is 31.2 Å². The first-order valence-electron chi connectivity index (χ1n) is 7.21. The molecule has 0 saturated heterocycles. The van der Waals surface area contributed by atoms with Gasteiger partial charge in [0.15, 0.2) is 0 Å². The SMILES string of the molecule is CC1CCCC(NS(=O)(=O)c2cc(CO)n(C)c2)CC1. The Balaban J connectivity index is 2.10. The number of aryl methyl sites for hydroxylation is 1. The number of sulfonamides is 1. The molecule has 1 saturated carbocycles. The lowest BCUT2D eigenvalue weighted by atomic mass is 10.0. The summed E-state index contributed by atoms with van der Waals surface area (Å²) in [5, 5.41) is 9.15. The van der Waals surface area contributed by atoms with Crippen LogP contribution in [-0.2, 0) is 23.7 Å². The average molecular weight is 300 g/mol. The molecule has 0 radical (unpaired) electrons.